The molecule has 1 fully saturated rings. The van der Waals surface area contributed by atoms with Crippen molar-refractivity contribution in [1.82, 2.24) is 15.1 Å². The molecule has 0 aromatic heterocycles. The molecule has 1 aliphatic rings. The molecular formula is C28H45N3O5. The van der Waals surface area contributed by atoms with Gasteiger partial charge in [0.25, 0.3) is 0 Å². The maximum absolute atomic E-state index is 13.0. The second-order valence-electron chi connectivity index (χ2n) is 11.5. The highest BCUT2D eigenvalue weighted by molar-refractivity contribution is 5.69. The van der Waals surface area contributed by atoms with Crippen molar-refractivity contribution in [2.75, 3.05) is 13.1 Å². The number of nitrogens with zero attached hydrogens (tertiary/aromatic N) is 2. The molecule has 1 aromatic rings. The highest BCUT2D eigenvalue weighted by Crippen LogP contribution is 2.25. The predicted molar refractivity (Wildman–Crippen MR) is 140 cm³/mol. The van der Waals surface area contributed by atoms with Crippen LogP contribution in [-0.4, -0.2) is 58.7 Å². The minimum Gasteiger partial charge on any atom is -0.444 e. The minimum absolute atomic E-state index is 0.177. The summed E-state index contributed by atoms with van der Waals surface area (Å²) in [5.41, 5.74) is 0.784. The average Bonchev–Trinajstić information content (AvgIpc) is 2.78. The van der Waals surface area contributed by atoms with Crippen molar-refractivity contribution in [1.29, 1.82) is 0 Å². The van der Waals surface area contributed by atoms with Crippen molar-refractivity contribution in [2.45, 2.75) is 110 Å². The minimum atomic E-state index is -0.607. The van der Waals surface area contributed by atoms with Gasteiger partial charge in [-0.1, -0.05) is 43.5 Å². The molecule has 0 atom stereocenters. The predicted octanol–water partition coefficient (Wildman–Crippen LogP) is 5.63. The van der Waals surface area contributed by atoms with Crippen LogP contribution >= 0.6 is 0 Å². The van der Waals surface area contributed by atoms with E-state index in [1.807, 2.05) is 70.7 Å². The molecule has 8 nitrogen and oxygen atoms in total. The number of carbonyl (C=O) groups is 3. The first-order chi connectivity index (χ1) is 16.9. The lowest BCUT2D eigenvalue weighted by Crippen LogP contribution is -2.45. The summed E-state index contributed by atoms with van der Waals surface area (Å²) in [5.74, 6) is 0. The first-order valence-corrected chi connectivity index (χ1v) is 13.1. The Hall–Kier alpha value is -2.77. The van der Waals surface area contributed by atoms with E-state index in [4.69, 9.17) is 9.47 Å². The third-order valence-corrected chi connectivity index (χ3v) is 5.91. The second-order valence-corrected chi connectivity index (χ2v) is 11.5. The lowest BCUT2D eigenvalue weighted by atomic mass is 9.94. The summed E-state index contributed by atoms with van der Waals surface area (Å²) in [5, 5.41) is 2.65. The molecule has 1 N–H and O–H groups in total. The molecule has 0 unspecified atom stereocenters. The molecule has 3 amide bonds. The van der Waals surface area contributed by atoms with Crippen LogP contribution in [0.3, 0.4) is 0 Å². The smallest absolute Gasteiger partial charge is 0.410 e. The monoisotopic (exact) mass is 503 g/mol. The topological polar surface area (TPSA) is 88.2 Å². The van der Waals surface area contributed by atoms with Crippen LogP contribution in [0.5, 0.6) is 0 Å². The van der Waals surface area contributed by atoms with E-state index in [9.17, 15) is 14.4 Å². The van der Waals surface area contributed by atoms with Gasteiger partial charge in [-0.3, -0.25) is 4.79 Å². The third kappa shape index (κ3) is 10.9. The van der Waals surface area contributed by atoms with E-state index in [2.05, 4.69) is 5.32 Å². The Morgan fingerprint density at radius 1 is 0.889 bits per heavy atom. The average molecular weight is 504 g/mol. The van der Waals surface area contributed by atoms with Crippen LogP contribution in [-0.2, 0) is 27.4 Å². The maximum Gasteiger partial charge on any atom is 0.410 e. The summed E-state index contributed by atoms with van der Waals surface area (Å²) in [6.45, 7) is 13.0. The number of ether oxygens (including phenoxy) is 2. The van der Waals surface area contributed by atoms with Crippen LogP contribution in [0.25, 0.3) is 0 Å². The third-order valence-electron chi connectivity index (χ3n) is 5.91. The largest absolute Gasteiger partial charge is 0.444 e. The van der Waals surface area contributed by atoms with Gasteiger partial charge in [0.1, 0.15) is 11.2 Å². The van der Waals surface area contributed by atoms with Crippen LogP contribution in [0.2, 0.25) is 0 Å². The number of nitrogens with one attached hydrogen (secondary N) is 1. The van der Waals surface area contributed by atoms with Crippen LogP contribution in [0.4, 0.5) is 9.59 Å². The van der Waals surface area contributed by atoms with E-state index in [0.717, 1.165) is 36.8 Å². The fraction of sp³-hybridized carbons (Fsp3) is 0.679. The normalized spacial score (nSPS) is 14.6. The maximum atomic E-state index is 13.0. The first kappa shape index (κ1) is 29.5. The van der Waals surface area contributed by atoms with Gasteiger partial charge in [0.2, 0.25) is 6.41 Å². The summed E-state index contributed by atoms with van der Waals surface area (Å²) in [4.78, 5) is 40.1. The molecule has 202 valence electrons. The van der Waals surface area contributed by atoms with E-state index in [1.54, 1.807) is 4.90 Å². The van der Waals surface area contributed by atoms with Crippen LogP contribution in [0.15, 0.2) is 24.3 Å². The Kier molecular flexibility index (Phi) is 11.1. The van der Waals surface area contributed by atoms with Gasteiger partial charge < -0.3 is 24.6 Å². The molecule has 36 heavy (non-hydrogen) atoms. The van der Waals surface area contributed by atoms with E-state index in [0.29, 0.717) is 39.0 Å². The zero-order valence-electron chi connectivity index (χ0n) is 23.0. The van der Waals surface area contributed by atoms with E-state index < -0.39 is 11.2 Å². The number of rotatable bonds is 10. The van der Waals surface area contributed by atoms with Crippen LogP contribution in [0, 0.1) is 0 Å². The molecule has 1 aromatic carbocycles. The van der Waals surface area contributed by atoms with Gasteiger partial charge in [-0.15, -0.1) is 0 Å². The highest BCUT2D eigenvalue weighted by Gasteiger charge is 2.30. The van der Waals surface area contributed by atoms with Gasteiger partial charge in [0.15, 0.2) is 0 Å². The summed E-state index contributed by atoms with van der Waals surface area (Å²) >= 11 is 0. The van der Waals surface area contributed by atoms with Crippen molar-refractivity contribution in [3.05, 3.63) is 35.4 Å². The van der Waals surface area contributed by atoms with Gasteiger partial charge in [-0.25, -0.2) is 9.59 Å². The van der Waals surface area contributed by atoms with Gasteiger partial charge >= 0.3 is 12.2 Å². The molecule has 2 rings (SSSR count). The Morgan fingerprint density at radius 2 is 1.44 bits per heavy atom. The lowest BCUT2D eigenvalue weighted by Gasteiger charge is -2.36. The lowest BCUT2D eigenvalue weighted by molar-refractivity contribution is -0.109. The van der Waals surface area contributed by atoms with Crippen molar-refractivity contribution in [3.63, 3.8) is 0 Å². The standard InChI is InChI=1S/C28H45N3O5/c1-27(2,3)35-25(33)30(20-23-15-13-22(14-16-23)19-29-21-32)17-10-18-31(24-11-8-7-9-12-24)26(34)36-28(4,5)6/h13-16,21,24H,7-12,17-20H2,1-6H3,(H,29,32). The van der Waals surface area contributed by atoms with E-state index >= 15 is 0 Å². The fourth-order valence-corrected chi connectivity index (χ4v) is 4.27. The van der Waals surface area contributed by atoms with Crippen molar-refractivity contribution >= 4 is 18.6 Å². The number of amides is 3. The Labute approximate surface area is 216 Å². The fourth-order valence-electron chi connectivity index (χ4n) is 4.27. The SMILES string of the molecule is CC(C)(C)OC(=O)N(CCCN(C(=O)OC(C)(C)C)C1CCCCC1)Cc1ccc(CNC=O)cc1. The molecule has 1 aliphatic carbocycles. The van der Waals surface area contributed by atoms with E-state index in [-0.39, 0.29) is 18.2 Å². The molecule has 0 bridgehead atoms. The van der Waals surface area contributed by atoms with Crippen molar-refractivity contribution in [2.24, 2.45) is 0 Å². The first-order valence-electron chi connectivity index (χ1n) is 13.1. The summed E-state index contributed by atoms with van der Waals surface area (Å²) in [7, 11) is 0. The van der Waals surface area contributed by atoms with Gasteiger partial charge in [0.05, 0.1) is 0 Å². The Morgan fingerprint density at radius 3 is 2.00 bits per heavy atom. The Balaban J connectivity index is 2.09. The van der Waals surface area contributed by atoms with Crippen molar-refractivity contribution in [3.8, 4) is 0 Å². The van der Waals surface area contributed by atoms with Crippen LogP contribution < -0.4 is 5.32 Å². The molecule has 8 heteroatoms. The summed E-state index contributed by atoms with van der Waals surface area (Å²) in [6, 6.07) is 7.96. The molecular weight excluding hydrogens is 458 g/mol. The molecule has 0 radical (unpaired) electrons. The van der Waals surface area contributed by atoms with Gasteiger partial charge in [0, 0.05) is 32.2 Å². The number of hydrogen-bond acceptors (Lipinski definition) is 5. The second kappa shape index (κ2) is 13.5. The molecule has 1 saturated carbocycles. The summed E-state index contributed by atoms with van der Waals surface area (Å²) < 4.78 is 11.4. The number of carbonyl (C=O) groups excluding carboxylic acids is 3. The number of benzene rings is 1. The zero-order chi connectivity index (χ0) is 26.8. The summed E-state index contributed by atoms with van der Waals surface area (Å²) in [6.07, 6.45) is 6.05. The Bertz CT molecular complexity index is 836. The molecule has 0 spiro atoms. The van der Waals surface area contributed by atoms with Crippen molar-refractivity contribution < 1.29 is 23.9 Å². The highest BCUT2D eigenvalue weighted by atomic mass is 16.6. The quantitative estimate of drug-likeness (QED) is 0.418. The zero-order valence-corrected chi connectivity index (χ0v) is 23.0. The van der Waals surface area contributed by atoms with Gasteiger partial charge in [-0.2, -0.15) is 0 Å². The molecule has 0 saturated heterocycles. The van der Waals surface area contributed by atoms with E-state index in [1.165, 1.54) is 6.42 Å². The molecule has 0 heterocycles. The van der Waals surface area contributed by atoms with Crippen LogP contribution in [0.1, 0.15) is 91.2 Å². The molecule has 0 aliphatic heterocycles. The van der Waals surface area contributed by atoms with Gasteiger partial charge in [-0.05, 0) is 71.9 Å². The number of hydrogen-bond donors (Lipinski definition) is 1.